The maximum Gasteiger partial charge on any atom is 0.234 e. The van der Waals surface area contributed by atoms with Crippen molar-refractivity contribution in [3.05, 3.63) is 29.3 Å². The second kappa shape index (κ2) is 6.91. The Bertz CT molecular complexity index is 484. The number of likely N-dealkylation sites (tertiary alicyclic amines) is 1. The van der Waals surface area contributed by atoms with Gasteiger partial charge in [0.2, 0.25) is 5.91 Å². The van der Waals surface area contributed by atoms with Gasteiger partial charge >= 0.3 is 0 Å². The lowest BCUT2D eigenvalue weighted by Crippen LogP contribution is -2.41. The summed E-state index contributed by atoms with van der Waals surface area (Å²) in [4.78, 5) is 13.3. The molecule has 3 N–H and O–H groups in total. The van der Waals surface area contributed by atoms with Gasteiger partial charge in [0.1, 0.15) is 5.75 Å². The highest BCUT2D eigenvalue weighted by Crippen LogP contribution is 2.23. The molecular formula is C16H24N2O3. The van der Waals surface area contributed by atoms with Crippen LogP contribution in [0.4, 0.5) is 0 Å². The van der Waals surface area contributed by atoms with Crippen molar-refractivity contribution < 1.29 is 14.6 Å². The summed E-state index contributed by atoms with van der Waals surface area (Å²) >= 11 is 0. The van der Waals surface area contributed by atoms with Crippen LogP contribution in [-0.4, -0.2) is 47.8 Å². The van der Waals surface area contributed by atoms with Gasteiger partial charge in [-0.15, -0.1) is 0 Å². The topological polar surface area (TPSA) is 75.8 Å². The lowest BCUT2D eigenvalue weighted by atomic mass is 10.1. The summed E-state index contributed by atoms with van der Waals surface area (Å²) in [7, 11) is 0. The van der Waals surface area contributed by atoms with Crippen molar-refractivity contribution in [1.82, 2.24) is 4.90 Å². The molecule has 21 heavy (non-hydrogen) atoms. The molecular weight excluding hydrogens is 268 g/mol. The van der Waals surface area contributed by atoms with Gasteiger partial charge in [-0.2, -0.15) is 0 Å². The number of carbonyl (C=O) groups is 1. The van der Waals surface area contributed by atoms with E-state index in [9.17, 15) is 9.90 Å². The van der Waals surface area contributed by atoms with Crippen LogP contribution in [-0.2, 0) is 4.79 Å². The SMILES string of the molecule is Cc1cccc(C)c1OCCCN1CC(O)CC1C(N)=O. The monoisotopic (exact) mass is 292 g/mol. The lowest BCUT2D eigenvalue weighted by molar-refractivity contribution is -0.122. The van der Waals surface area contributed by atoms with Crippen LogP contribution >= 0.6 is 0 Å². The number of nitrogens with zero attached hydrogens (tertiary/aromatic N) is 1. The smallest absolute Gasteiger partial charge is 0.234 e. The molecule has 2 atom stereocenters. The summed E-state index contributed by atoms with van der Waals surface area (Å²) < 4.78 is 5.84. The molecule has 0 aromatic heterocycles. The van der Waals surface area contributed by atoms with E-state index in [1.165, 1.54) is 0 Å². The number of hydrogen-bond donors (Lipinski definition) is 2. The van der Waals surface area contributed by atoms with E-state index in [1.807, 2.05) is 36.9 Å². The quantitative estimate of drug-likeness (QED) is 0.767. The molecule has 0 saturated carbocycles. The van der Waals surface area contributed by atoms with Gasteiger partial charge in [0, 0.05) is 13.1 Å². The molecule has 1 aromatic rings. The van der Waals surface area contributed by atoms with Gasteiger partial charge < -0.3 is 15.6 Å². The van der Waals surface area contributed by atoms with Crippen LogP contribution in [0.5, 0.6) is 5.75 Å². The lowest BCUT2D eigenvalue weighted by Gasteiger charge is -2.21. The van der Waals surface area contributed by atoms with Crippen molar-refractivity contribution in [2.24, 2.45) is 5.73 Å². The van der Waals surface area contributed by atoms with Crippen LogP contribution in [0.2, 0.25) is 0 Å². The molecule has 1 aliphatic rings. The molecule has 1 aromatic carbocycles. The Morgan fingerprint density at radius 2 is 2.10 bits per heavy atom. The van der Waals surface area contributed by atoms with Gasteiger partial charge in [0.05, 0.1) is 18.8 Å². The molecule has 0 radical (unpaired) electrons. The second-order valence-electron chi connectivity index (χ2n) is 5.73. The molecule has 5 heteroatoms. The summed E-state index contributed by atoms with van der Waals surface area (Å²) in [6.45, 7) is 5.86. The van der Waals surface area contributed by atoms with Crippen LogP contribution in [0.3, 0.4) is 0 Å². The zero-order valence-corrected chi connectivity index (χ0v) is 12.7. The summed E-state index contributed by atoms with van der Waals surface area (Å²) in [5.41, 5.74) is 7.62. The summed E-state index contributed by atoms with van der Waals surface area (Å²) in [5, 5.41) is 9.65. The number of rotatable bonds is 6. The largest absolute Gasteiger partial charge is 0.493 e. The van der Waals surface area contributed by atoms with E-state index in [-0.39, 0.29) is 11.9 Å². The molecule has 2 unspecified atom stereocenters. The molecule has 116 valence electrons. The fraction of sp³-hybridized carbons (Fsp3) is 0.562. The minimum absolute atomic E-state index is 0.347. The molecule has 1 aliphatic heterocycles. The van der Waals surface area contributed by atoms with Gasteiger partial charge in [-0.05, 0) is 37.8 Å². The molecule has 1 saturated heterocycles. The number of amides is 1. The highest BCUT2D eigenvalue weighted by Gasteiger charge is 2.34. The van der Waals surface area contributed by atoms with E-state index < -0.39 is 6.10 Å². The molecule has 0 bridgehead atoms. The first-order chi connectivity index (χ1) is 9.99. The summed E-state index contributed by atoms with van der Waals surface area (Å²) in [6.07, 6.45) is 0.777. The van der Waals surface area contributed by atoms with Crippen molar-refractivity contribution in [3.63, 3.8) is 0 Å². The van der Waals surface area contributed by atoms with Gasteiger partial charge in [0.25, 0.3) is 0 Å². The van der Waals surface area contributed by atoms with E-state index in [0.717, 1.165) is 23.3 Å². The number of carbonyl (C=O) groups excluding carboxylic acids is 1. The van der Waals surface area contributed by atoms with Crippen LogP contribution in [0, 0.1) is 13.8 Å². The Morgan fingerprint density at radius 1 is 1.43 bits per heavy atom. The number of primary amides is 1. The summed E-state index contributed by atoms with van der Waals surface area (Å²) in [6, 6.07) is 5.73. The van der Waals surface area contributed by atoms with Crippen molar-refractivity contribution in [1.29, 1.82) is 0 Å². The third kappa shape index (κ3) is 3.95. The van der Waals surface area contributed by atoms with Gasteiger partial charge in [-0.1, -0.05) is 18.2 Å². The molecule has 1 heterocycles. The Labute approximate surface area is 125 Å². The number of ether oxygens (including phenoxy) is 1. The number of para-hydroxylation sites is 1. The third-order valence-corrected chi connectivity index (χ3v) is 3.95. The molecule has 5 nitrogen and oxygen atoms in total. The second-order valence-corrected chi connectivity index (χ2v) is 5.73. The first-order valence-corrected chi connectivity index (χ1v) is 7.39. The molecule has 1 amide bonds. The van der Waals surface area contributed by atoms with E-state index in [1.54, 1.807) is 0 Å². The Hall–Kier alpha value is -1.59. The number of aryl methyl sites for hydroxylation is 2. The molecule has 1 fully saturated rings. The first-order valence-electron chi connectivity index (χ1n) is 7.39. The average molecular weight is 292 g/mol. The zero-order valence-electron chi connectivity index (χ0n) is 12.7. The molecule has 0 spiro atoms. The van der Waals surface area contributed by atoms with E-state index in [4.69, 9.17) is 10.5 Å². The first kappa shape index (κ1) is 15.8. The third-order valence-electron chi connectivity index (χ3n) is 3.95. The number of benzene rings is 1. The van der Waals surface area contributed by atoms with Gasteiger partial charge in [-0.3, -0.25) is 9.69 Å². The standard InChI is InChI=1S/C16H24N2O3/c1-11-5-3-6-12(2)15(11)21-8-4-7-18-10-13(19)9-14(18)16(17)20/h3,5-6,13-14,19H,4,7-10H2,1-2H3,(H2,17,20). The van der Waals surface area contributed by atoms with Crippen LogP contribution in [0.1, 0.15) is 24.0 Å². The predicted molar refractivity (Wildman–Crippen MR) is 81.2 cm³/mol. The Balaban J connectivity index is 1.81. The highest BCUT2D eigenvalue weighted by molar-refractivity contribution is 5.80. The van der Waals surface area contributed by atoms with Crippen LogP contribution < -0.4 is 10.5 Å². The minimum atomic E-state index is -0.456. The van der Waals surface area contributed by atoms with E-state index in [0.29, 0.717) is 26.1 Å². The number of nitrogens with two attached hydrogens (primary N) is 1. The van der Waals surface area contributed by atoms with E-state index in [2.05, 4.69) is 0 Å². The van der Waals surface area contributed by atoms with Crippen LogP contribution in [0.15, 0.2) is 18.2 Å². The van der Waals surface area contributed by atoms with E-state index >= 15 is 0 Å². The normalized spacial score (nSPS) is 22.4. The molecule has 2 rings (SSSR count). The highest BCUT2D eigenvalue weighted by atomic mass is 16.5. The zero-order chi connectivity index (χ0) is 15.4. The van der Waals surface area contributed by atoms with Crippen molar-refractivity contribution in [2.45, 2.75) is 38.8 Å². The average Bonchev–Trinajstić information content (AvgIpc) is 2.79. The van der Waals surface area contributed by atoms with Gasteiger partial charge in [-0.25, -0.2) is 0 Å². The Kier molecular flexibility index (Phi) is 5.20. The summed E-state index contributed by atoms with van der Waals surface area (Å²) in [5.74, 6) is 0.577. The molecule has 0 aliphatic carbocycles. The van der Waals surface area contributed by atoms with Crippen molar-refractivity contribution in [3.8, 4) is 5.75 Å². The van der Waals surface area contributed by atoms with Crippen molar-refractivity contribution >= 4 is 5.91 Å². The maximum absolute atomic E-state index is 11.3. The minimum Gasteiger partial charge on any atom is -0.493 e. The van der Waals surface area contributed by atoms with Crippen molar-refractivity contribution in [2.75, 3.05) is 19.7 Å². The number of aliphatic hydroxyl groups is 1. The van der Waals surface area contributed by atoms with Gasteiger partial charge in [0.15, 0.2) is 0 Å². The fourth-order valence-corrected chi connectivity index (χ4v) is 2.89. The Morgan fingerprint density at radius 3 is 2.71 bits per heavy atom. The predicted octanol–water partition coefficient (Wildman–Crippen LogP) is 0.993. The number of hydrogen-bond acceptors (Lipinski definition) is 4. The maximum atomic E-state index is 11.3. The fourth-order valence-electron chi connectivity index (χ4n) is 2.89. The number of aliphatic hydroxyl groups excluding tert-OH is 1. The number of β-amino-alcohol motifs (C(OH)–C–C–N with tert-alkyl or cyclic N) is 1. The van der Waals surface area contributed by atoms with Crippen LogP contribution in [0.25, 0.3) is 0 Å².